The highest BCUT2D eigenvalue weighted by Gasteiger charge is 2.16. The van der Waals surface area contributed by atoms with E-state index in [1.165, 1.54) is 5.56 Å². The van der Waals surface area contributed by atoms with Gasteiger partial charge in [-0.2, -0.15) is 0 Å². The van der Waals surface area contributed by atoms with Gasteiger partial charge < -0.3 is 15.0 Å². The van der Waals surface area contributed by atoms with Crippen LogP contribution in [0.15, 0.2) is 22.7 Å². The Labute approximate surface area is 135 Å². The van der Waals surface area contributed by atoms with Gasteiger partial charge in [-0.1, -0.05) is 29.8 Å². The molecule has 1 aliphatic heterocycles. The Morgan fingerprint density at radius 2 is 2.10 bits per heavy atom. The maximum atomic E-state index is 12.1. The number of amides is 1. The van der Waals surface area contributed by atoms with Gasteiger partial charge in [0.1, 0.15) is 5.75 Å². The first-order chi connectivity index (χ1) is 10.1. The van der Waals surface area contributed by atoms with Crippen LogP contribution < -0.4 is 10.1 Å². The van der Waals surface area contributed by atoms with Crippen molar-refractivity contribution in [2.45, 2.75) is 26.2 Å². The molecule has 21 heavy (non-hydrogen) atoms. The average Bonchev–Trinajstić information content (AvgIpc) is 2.49. The fraction of sp³-hybridized carbons (Fsp3) is 0.562. The fourth-order valence-corrected chi connectivity index (χ4v) is 2.80. The molecule has 0 spiro atoms. The summed E-state index contributed by atoms with van der Waals surface area (Å²) in [6.07, 6.45) is 0.438. The molecule has 0 aromatic heterocycles. The number of halogens is 1. The lowest BCUT2D eigenvalue weighted by atomic mass is 10.0. The van der Waals surface area contributed by atoms with Gasteiger partial charge in [0.25, 0.3) is 0 Å². The SMILES string of the molecule is CC(C)c1cc(Br)ccc1OCCC(=O)N1CCNCC1. The van der Waals surface area contributed by atoms with Crippen molar-refractivity contribution in [3.8, 4) is 5.75 Å². The number of piperazine rings is 1. The largest absolute Gasteiger partial charge is 0.493 e. The van der Waals surface area contributed by atoms with Crippen molar-refractivity contribution in [3.63, 3.8) is 0 Å². The molecule has 0 bridgehead atoms. The molecule has 1 fully saturated rings. The molecule has 0 radical (unpaired) electrons. The van der Waals surface area contributed by atoms with Gasteiger partial charge in [-0.15, -0.1) is 0 Å². The Morgan fingerprint density at radius 3 is 2.76 bits per heavy atom. The molecular formula is C16H23BrN2O2. The van der Waals surface area contributed by atoms with E-state index >= 15 is 0 Å². The number of nitrogens with zero attached hydrogens (tertiary/aromatic N) is 1. The molecule has 5 heteroatoms. The van der Waals surface area contributed by atoms with Crippen LogP contribution in [0.4, 0.5) is 0 Å². The van der Waals surface area contributed by atoms with Gasteiger partial charge in [-0.25, -0.2) is 0 Å². The van der Waals surface area contributed by atoms with E-state index in [1.807, 2.05) is 17.0 Å². The minimum atomic E-state index is 0.180. The van der Waals surface area contributed by atoms with Crippen LogP contribution in [0.5, 0.6) is 5.75 Å². The van der Waals surface area contributed by atoms with Crippen LogP contribution in [0.25, 0.3) is 0 Å². The molecule has 1 aromatic carbocycles. The Hall–Kier alpha value is -1.07. The van der Waals surface area contributed by atoms with E-state index in [-0.39, 0.29) is 5.91 Å². The highest BCUT2D eigenvalue weighted by atomic mass is 79.9. The van der Waals surface area contributed by atoms with Crippen LogP contribution in [0.1, 0.15) is 31.7 Å². The molecule has 0 unspecified atom stereocenters. The first-order valence-electron chi connectivity index (χ1n) is 7.48. The molecule has 2 rings (SSSR count). The third kappa shape index (κ3) is 4.71. The Bertz CT molecular complexity index is 485. The molecule has 1 heterocycles. The van der Waals surface area contributed by atoms with Crippen LogP contribution in [-0.2, 0) is 4.79 Å². The van der Waals surface area contributed by atoms with Crippen LogP contribution in [-0.4, -0.2) is 43.6 Å². The summed E-state index contributed by atoms with van der Waals surface area (Å²) in [6.45, 7) is 8.08. The van der Waals surface area contributed by atoms with Gasteiger partial charge in [0.15, 0.2) is 0 Å². The maximum absolute atomic E-state index is 12.1. The van der Waals surface area contributed by atoms with Crippen molar-refractivity contribution >= 4 is 21.8 Å². The van der Waals surface area contributed by atoms with E-state index in [2.05, 4.69) is 41.2 Å². The molecule has 0 atom stereocenters. The second-order valence-electron chi connectivity index (χ2n) is 5.57. The third-order valence-electron chi connectivity index (χ3n) is 3.64. The third-order valence-corrected chi connectivity index (χ3v) is 4.13. The highest BCUT2D eigenvalue weighted by molar-refractivity contribution is 9.10. The smallest absolute Gasteiger partial charge is 0.226 e. The topological polar surface area (TPSA) is 41.6 Å². The molecule has 4 nitrogen and oxygen atoms in total. The number of benzene rings is 1. The van der Waals surface area contributed by atoms with Crippen LogP contribution in [0.3, 0.4) is 0 Å². The predicted octanol–water partition coefficient (Wildman–Crippen LogP) is 2.77. The van der Waals surface area contributed by atoms with Gasteiger partial charge in [0.2, 0.25) is 5.91 Å². The lowest BCUT2D eigenvalue weighted by Crippen LogP contribution is -2.46. The van der Waals surface area contributed by atoms with Gasteiger partial charge in [0, 0.05) is 30.7 Å². The monoisotopic (exact) mass is 354 g/mol. The van der Waals surface area contributed by atoms with Gasteiger partial charge in [-0.3, -0.25) is 4.79 Å². The molecule has 1 N–H and O–H groups in total. The van der Waals surface area contributed by atoms with Crippen molar-refractivity contribution in [2.24, 2.45) is 0 Å². The lowest BCUT2D eigenvalue weighted by Gasteiger charge is -2.27. The number of ether oxygens (including phenoxy) is 1. The Morgan fingerprint density at radius 1 is 1.38 bits per heavy atom. The van der Waals surface area contributed by atoms with E-state index in [1.54, 1.807) is 0 Å². The quantitative estimate of drug-likeness (QED) is 0.883. The maximum Gasteiger partial charge on any atom is 0.226 e. The van der Waals surface area contributed by atoms with E-state index in [9.17, 15) is 4.79 Å². The number of carbonyl (C=O) groups is 1. The Balaban J connectivity index is 1.87. The summed E-state index contributed by atoms with van der Waals surface area (Å²) in [7, 11) is 0. The fourth-order valence-electron chi connectivity index (χ4n) is 2.42. The number of nitrogens with one attached hydrogen (secondary N) is 1. The van der Waals surface area contributed by atoms with E-state index in [0.717, 1.165) is 36.4 Å². The van der Waals surface area contributed by atoms with Crippen LogP contribution >= 0.6 is 15.9 Å². The average molecular weight is 355 g/mol. The second-order valence-corrected chi connectivity index (χ2v) is 6.48. The molecular weight excluding hydrogens is 332 g/mol. The van der Waals surface area contributed by atoms with Crippen molar-refractivity contribution in [2.75, 3.05) is 32.8 Å². The summed E-state index contributed by atoms with van der Waals surface area (Å²) in [4.78, 5) is 14.0. The lowest BCUT2D eigenvalue weighted by molar-refractivity contribution is -0.132. The van der Waals surface area contributed by atoms with E-state index in [4.69, 9.17) is 4.74 Å². The number of rotatable bonds is 5. The van der Waals surface area contributed by atoms with Crippen molar-refractivity contribution in [1.82, 2.24) is 10.2 Å². The molecule has 0 aliphatic carbocycles. The molecule has 1 saturated heterocycles. The minimum Gasteiger partial charge on any atom is -0.493 e. The summed E-state index contributed by atoms with van der Waals surface area (Å²) in [5.41, 5.74) is 1.17. The first-order valence-corrected chi connectivity index (χ1v) is 8.28. The van der Waals surface area contributed by atoms with Gasteiger partial charge in [0.05, 0.1) is 13.0 Å². The summed E-state index contributed by atoms with van der Waals surface area (Å²) in [6, 6.07) is 6.02. The zero-order chi connectivity index (χ0) is 15.2. The molecule has 0 saturated carbocycles. The van der Waals surface area contributed by atoms with Crippen molar-refractivity contribution < 1.29 is 9.53 Å². The van der Waals surface area contributed by atoms with Gasteiger partial charge >= 0.3 is 0 Å². The molecule has 1 aliphatic rings. The summed E-state index contributed by atoms with van der Waals surface area (Å²) < 4.78 is 6.88. The van der Waals surface area contributed by atoms with E-state index < -0.39 is 0 Å². The van der Waals surface area contributed by atoms with Crippen molar-refractivity contribution in [1.29, 1.82) is 0 Å². The first kappa shape index (κ1) is 16.3. The normalized spacial score (nSPS) is 15.3. The summed E-state index contributed by atoms with van der Waals surface area (Å²) in [5, 5.41) is 3.25. The molecule has 1 amide bonds. The molecule has 116 valence electrons. The number of carbonyl (C=O) groups excluding carboxylic acids is 1. The summed E-state index contributed by atoms with van der Waals surface area (Å²) >= 11 is 3.49. The zero-order valence-corrected chi connectivity index (χ0v) is 14.3. The predicted molar refractivity (Wildman–Crippen MR) is 87.8 cm³/mol. The number of hydrogen-bond donors (Lipinski definition) is 1. The molecule has 1 aromatic rings. The van der Waals surface area contributed by atoms with Crippen LogP contribution in [0.2, 0.25) is 0 Å². The van der Waals surface area contributed by atoms with Crippen LogP contribution in [0, 0.1) is 0 Å². The highest BCUT2D eigenvalue weighted by Crippen LogP contribution is 2.29. The minimum absolute atomic E-state index is 0.180. The standard InChI is InChI=1S/C16H23BrN2O2/c1-12(2)14-11-13(17)3-4-15(14)21-10-5-16(20)19-8-6-18-7-9-19/h3-4,11-12,18H,5-10H2,1-2H3. The van der Waals surface area contributed by atoms with E-state index in [0.29, 0.717) is 18.9 Å². The van der Waals surface area contributed by atoms with Gasteiger partial charge in [-0.05, 0) is 29.7 Å². The summed E-state index contributed by atoms with van der Waals surface area (Å²) in [5.74, 6) is 1.45. The second kappa shape index (κ2) is 7.80. The van der Waals surface area contributed by atoms with Crippen molar-refractivity contribution in [3.05, 3.63) is 28.2 Å². The Kier molecular flexibility index (Phi) is 6.06. The number of hydrogen-bond acceptors (Lipinski definition) is 3. The zero-order valence-electron chi connectivity index (χ0n) is 12.7.